The van der Waals surface area contributed by atoms with E-state index in [9.17, 15) is 29.7 Å². The Balaban J connectivity index is 1.53. The van der Waals surface area contributed by atoms with Crippen LogP contribution in [0.4, 0.5) is 0 Å². The Labute approximate surface area is 167 Å². The summed E-state index contributed by atoms with van der Waals surface area (Å²) >= 11 is 0. The maximum Gasteiger partial charge on any atom is 0.261 e. The number of methoxy groups -OCH3 is 1. The number of rotatable bonds is 7. The molecule has 0 bridgehead atoms. The average Bonchev–Trinajstić information content (AvgIpc) is 2.97. The van der Waals surface area contributed by atoms with Crippen molar-refractivity contribution in [1.29, 1.82) is 0 Å². The predicted molar refractivity (Wildman–Crippen MR) is 97.7 cm³/mol. The van der Waals surface area contributed by atoms with Crippen LogP contribution in [0.15, 0.2) is 24.3 Å². The molecule has 2 heterocycles. The SMILES string of the molecule is CO[C@@H]1O[C@H](CO)[C@@H](O)[C@H](O)[C@H]1NC(=O)CCCN1C(=O)c2ccccc2C1=O. The van der Waals surface area contributed by atoms with Crippen molar-refractivity contribution >= 4 is 17.7 Å². The van der Waals surface area contributed by atoms with E-state index in [2.05, 4.69) is 5.32 Å². The molecule has 4 N–H and O–H groups in total. The summed E-state index contributed by atoms with van der Waals surface area (Å²) in [4.78, 5) is 38.0. The van der Waals surface area contributed by atoms with E-state index >= 15 is 0 Å². The molecule has 10 nitrogen and oxygen atoms in total. The number of benzene rings is 1. The van der Waals surface area contributed by atoms with Gasteiger partial charge < -0.3 is 30.1 Å². The molecule has 158 valence electrons. The van der Waals surface area contributed by atoms with Crippen LogP contribution in [0, 0.1) is 0 Å². The minimum absolute atomic E-state index is 0.0212. The monoisotopic (exact) mass is 408 g/mol. The summed E-state index contributed by atoms with van der Waals surface area (Å²) in [5.41, 5.74) is 0.694. The van der Waals surface area contributed by atoms with Gasteiger partial charge in [-0.05, 0) is 18.6 Å². The molecule has 3 rings (SSSR count). The fourth-order valence-electron chi connectivity index (χ4n) is 3.54. The van der Waals surface area contributed by atoms with Crippen molar-refractivity contribution in [1.82, 2.24) is 10.2 Å². The molecule has 5 atom stereocenters. The summed E-state index contributed by atoms with van der Waals surface area (Å²) in [6.07, 6.45) is -4.67. The van der Waals surface area contributed by atoms with Crippen molar-refractivity contribution in [3.63, 3.8) is 0 Å². The third-order valence-electron chi connectivity index (χ3n) is 5.10. The molecule has 10 heteroatoms. The summed E-state index contributed by atoms with van der Waals surface area (Å²) in [5, 5.41) is 31.9. The molecular formula is C19H24N2O8. The molecular weight excluding hydrogens is 384 g/mol. The first kappa shape index (κ1) is 21.3. The molecule has 0 spiro atoms. The lowest BCUT2D eigenvalue weighted by Gasteiger charge is -2.41. The third-order valence-corrected chi connectivity index (χ3v) is 5.10. The summed E-state index contributed by atoms with van der Waals surface area (Å²) < 4.78 is 10.4. The highest BCUT2D eigenvalue weighted by Crippen LogP contribution is 2.23. The summed E-state index contributed by atoms with van der Waals surface area (Å²) in [7, 11) is 1.31. The molecule has 1 saturated heterocycles. The number of nitrogens with one attached hydrogen (secondary N) is 1. The molecule has 3 amide bonds. The van der Waals surface area contributed by atoms with E-state index in [0.29, 0.717) is 11.1 Å². The third kappa shape index (κ3) is 4.16. The van der Waals surface area contributed by atoms with Gasteiger partial charge in [-0.25, -0.2) is 0 Å². The van der Waals surface area contributed by atoms with Crippen LogP contribution in [0.5, 0.6) is 0 Å². The van der Waals surface area contributed by atoms with Crippen LogP contribution in [-0.4, -0.2) is 88.8 Å². The van der Waals surface area contributed by atoms with Crippen molar-refractivity contribution in [3.05, 3.63) is 35.4 Å². The molecule has 0 aliphatic carbocycles. The highest BCUT2D eigenvalue weighted by atomic mass is 16.7. The first-order valence-electron chi connectivity index (χ1n) is 9.28. The Morgan fingerprint density at radius 3 is 2.34 bits per heavy atom. The van der Waals surface area contributed by atoms with Crippen LogP contribution in [0.2, 0.25) is 0 Å². The van der Waals surface area contributed by atoms with Gasteiger partial charge in [-0.2, -0.15) is 0 Å². The minimum Gasteiger partial charge on any atom is -0.394 e. The Morgan fingerprint density at radius 1 is 1.17 bits per heavy atom. The highest BCUT2D eigenvalue weighted by molar-refractivity contribution is 6.21. The van der Waals surface area contributed by atoms with E-state index < -0.39 is 43.2 Å². The first-order valence-corrected chi connectivity index (χ1v) is 9.28. The summed E-state index contributed by atoms with van der Waals surface area (Å²) in [6.45, 7) is -0.439. The van der Waals surface area contributed by atoms with Gasteiger partial charge in [-0.15, -0.1) is 0 Å². The van der Waals surface area contributed by atoms with Crippen molar-refractivity contribution < 1.29 is 39.2 Å². The van der Waals surface area contributed by atoms with E-state index in [1.54, 1.807) is 24.3 Å². The second kappa shape index (κ2) is 8.97. The van der Waals surface area contributed by atoms with Crippen molar-refractivity contribution in [3.8, 4) is 0 Å². The number of carbonyl (C=O) groups excluding carboxylic acids is 3. The van der Waals surface area contributed by atoms with Gasteiger partial charge in [-0.3, -0.25) is 19.3 Å². The van der Waals surface area contributed by atoms with Crippen LogP contribution in [-0.2, 0) is 14.3 Å². The van der Waals surface area contributed by atoms with Crippen LogP contribution in [0.1, 0.15) is 33.6 Å². The largest absolute Gasteiger partial charge is 0.394 e. The molecule has 0 saturated carbocycles. The zero-order valence-corrected chi connectivity index (χ0v) is 15.9. The van der Waals surface area contributed by atoms with E-state index in [1.165, 1.54) is 7.11 Å². The Kier molecular flexibility index (Phi) is 6.60. The maximum absolute atomic E-state index is 12.3. The molecule has 1 aromatic rings. The smallest absolute Gasteiger partial charge is 0.261 e. The maximum atomic E-state index is 12.3. The zero-order chi connectivity index (χ0) is 21.1. The fraction of sp³-hybridized carbons (Fsp3) is 0.526. The number of nitrogens with zero attached hydrogens (tertiary/aromatic N) is 1. The van der Waals surface area contributed by atoms with Crippen molar-refractivity contribution in [2.24, 2.45) is 0 Å². The lowest BCUT2D eigenvalue weighted by molar-refractivity contribution is -0.262. The second-order valence-electron chi connectivity index (χ2n) is 6.95. The number of carbonyl (C=O) groups is 3. The molecule has 2 aliphatic heterocycles. The van der Waals surface area contributed by atoms with E-state index in [-0.39, 0.29) is 31.2 Å². The topological polar surface area (TPSA) is 146 Å². The van der Waals surface area contributed by atoms with Crippen molar-refractivity contribution in [2.75, 3.05) is 20.3 Å². The standard InChI is InChI=1S/C19H24N2O8/c1-28-19-14(16(25)15(24)12(9-22)29-19)20-13(23)7-4-8-21-17(26)10-5-2-3-6-11(10)18(21)27/h2-3,5-6,12,14-16,19,22,24-25H,4,7-9H2,1H3,(H,20,23)/t12-,14-,15-,16-,19-/m1/s1. The van der Waals surface area contributed by atoms with Crippen LogP contribution in [0.3, 0.4) is 0 Å². The lowest BCUT2D eigenvalue weighted by atomic mass is 9.97. The van der Waals surface area contributed by atoms with Gasteiger partial charge in [0.15, 0.2) is 6.29 Å². The van der Waals surface area contributed by atoms with Crippen LogP contribution >= 0.6 is 0 Å². The quantitative estimate of drug-likeness (QED) is 0.405. The normalized spacial score (nSPS) is 29.1. The van der Waals surface area contributed by atoms with Gasteiger partial charge in [0.1, 0.15) is 24.4 Å². The van der Waals surface area contributed by atoms with Gasteiger partial charge in [0.25, 0.3) is 11.8 Å². The Hall–Kier alpha value is -2.37. The summed E-state index contributed by atoms with van der Waals surface area (Å²) in [5.74, 6) is -1.24. The number of hydrogen-bond donors (Lipinski definition) is 4. The molecule has 0 aromatic heterocycles. The number of aliphatic hydroxyl groups excluding tert-OH is 3. The average molecular weight is 408 g/mol. The summed E-state index contributed by atoms with van der Waals surface area (Å²) in [6, 6.07) is 5.50. The first-order chi connectivity index (χ1) is 13.9. The fourth-order valence-corrected chi connectivity index (χ4v) is 3.54. The predicted octanol–water partition coefficient (Wildman–Crippen LogP) is -1.37. The van der Waals surface area contributed by atoms with Gasteiger partial charge in [0.05, 0.1) is 17.7 Å². The second-order valence-corrected chi connectivity index (χ2v) is 6.95. The minimum atomic E-state index is -1.40. The number of imide groups is 1. The number of amides is 3. The molecule has 2 aliphatic rings. The Morgan fingerprint density at radius 2 is 1.79 bits per heavy atom. The van der Waals surface area contributed by atoms with E-state index in [0.717, 1.165) is 4.90 Å². The van der Waals surface area contributed by atoms with Crippen LogP contribution < -0.4 is 5.32 Å². The number of hydrogen-bond acceptors (Lipinski definition) is 8. The van der Waals surface area contributed by atoms with Gasteiger partial charge in [0, 0.05) is 20.1 Å². The van der Waals surface area contributed by atoms with E-state index in [1.807, 2.05) is 0 Å². The molecule has 0 radical (unpaired) electrons. The van der Waals surface area contributed by atoms with Crippen molar-refractivity contribution in [2.45, 2.75) is 43.5 Å². The number of aliphatic hydroxyl groups is 3. The van der Waals surface area contributed by atoms with Gasteiger partial charge in [0.2, 0.25) is 5.91 Å². The molecule has 29 heavy (non-hydrogen) atoms. The highest BCUT2D eigenvalue weighted by Gasteiger charge is 2.45. The zero-order valence-electron chi connectivity index (χ0n) is 15.9. The lowest BCUT2D eigenvalue weighted by Crippen LogP contribution is -2.64. The molecule has 1 aromatic carbocycles. The molecule has 1 fully saturated rings. The number of fused-ring (bicyclic) bond motifs is 1. The molecule has 0 unspecified atom stereocenters. The van der Waals surface area contributed by atoms with Gasteiger partial charge >= 0.3 is 0 Å². The number of ether oxygens (including phenoxy) is 2. The Bertz CT molecular complexity index is 748. The van der Waals surface area contributed by atoms with Gasteiger partial charge in [-0.1, -0.05) is 12.1 Å². The van der Waals surface area contributed by atoms with Crippen LogP contribution in [0.25, 0.3) is 0 Å². The van der Waals surface area contributed by atoms with E-state index in [4.69, 9.17) is 9.47 Å².